The van der Waals surface area contributed by atoms with Gasteiger partial charge in [-0.15, -0.1) is 0 Å². The Morgan fingerprint density at radius 1 is 1.22 bits per heavy atom. The standard InChI is InChI=1S/C15H21NO2/c1-11-4-6-15(9-16,7-5-11)12-2-3-13-14(8-12)18-10-17-13/h2-3,8,11H,4-7,9-10,16H2,1H3. The summed E-state index contributed by atoms with van der Waals surface area (Å²) in [5.41, 5.74) is 7.56. The molecule has 1 aromatic carbocycles. The van der Waals surface area contributed by atoms with Crippen LogP contribution in [-0.4, -0.2) is 13.3 Å². The monoisotopic (exact) mass is 247 g/mol. The fourth-order valence-corrected chi connectivity index (χ4v) is 3.15. The van der Waals surface area contributed by atoms with Crippen LogP contribution in [0.1, 0.15) is 38.2 Å². The summed E-state index contributed by atoms with van der Waals surface area (Å²) in [5, 5.41) is 0. The topological polar surface area (TPSA) is 44.5 Å². The lowest BCUT2D eigenvalue weighted by atomic mass is 9.67. The highest BCUT2D eigenvalue weighted by Crippen LogP contribution is 2.44. The van der Waals surface area contributed by atoms with Crippen LogP contribution < -0.4 is 15.2 Å². The van der Waals surface area contributed by atoms with Crippen molar-refractivity contribution in [3.63, 3.8) is 0 Å². The minimum Gasteiger partial charge on any atom is -0.454 e. The first-order valence-corrected chi connectivity index (χ1v) is 6.84. The third-order valence-corrected chi connectivity index (χ3v) is 4.61. The third-order valence-electron chi connectivity index (χ3n) is 4.61. The zero-order valence-corrected chi connectivity index (χ0v) is 10.9. The van der Waals surface area contributed by atoms with Crippen molar-refractivity contribution in [2.45, 2.75) is 38.0 Å². The maximum Gasteiger partial charge on any atom is 0.231 e. The highest BCUT2D eigenvalue weighted by molar-refractivity contribution is 5.46. The molecule has 3 rings (SSSR count). The van der Waals surface area contributed by atoms with Crippen LogP contribution >= 0.6 is 0 Å². The average molecular weight is 247 g/mol. The molecule has 0 aromatic heterocycles. The Kier molecular flexibility index (Phi) is 2.94. The number of ether oxygens (including phenoxy) is 2. The molecule has 1 aliphatic heterocycles. The number of benzene rings is 1. The van der Waals surface area contributed by atoms with E-state index in [1.54, 1.807) is 0 Å². The van der Waals surface area contributed by atoms with Gasteiger partial charge in [-0.25, -0.2) is 0 Å². The summed E-state index contributed by atoms with van der Waals surface area (Å²) in [7, 11) is 0. The normalized spacial score (nSPS) is 30.4. The van der Waals surface area contributed by atoms with Crippen LogP contribution in [0.2, 0.25) is 0 Å². The largest absolute Gasteiger partial charge is 0.454 e. The molecule has 2 aliphatic rings. The molecule has 3 heteroatoms. The van der Waals surface area contributed by atoms with Crippen LogP contribution in [0.3, 0.4) is 0 Å². The second-order valence-corrected chi connectivity index (χ2v) is 5.74. The summed E-state index contributed by atoms with van der Waals surface area (Å²) in [6, 6.07) is 6.31. The number of rotatable bonds is 2. The van der Waals surface area contributed by atoms with E-state index in [1.165, 1.54) is 31.2 Å². The van der Waals surface area contributed by atoms with Gasteiger partial charge in [-0.3, -0.25) is 0 Å². The highest BCUT2D eigenvalue weighted by Gasteiger charge is 2.35. The lowest BCUT2D eigenvalue weighted by Gasteiger charge is -2.39. The van der Waals surface area contributed by atoms with Gasteiger partial charge in [0.05, 0.1) is 0 Å². The molecule has 0 saturated heterocycles. The molecule has 0 radical (unpaired) electrons. The van der Waals surface area contributed by atoms with Crippen LogP contribution in [0.4, 0.5) is 0 Å². The van der Waals surface area contributed by atoms with E-state index in [-0.39, 0.29) is 5.41 Å². The molecule has 0 atom stereocenters. The average Bonchev–Trinajstić information content (AvgIpc) is 2.87. The smallest absolute Gasteiger partial charge is 0.231 e. The van der Waals surface area contributed by atoms with Crippen LogP contribution in [0.5, 0.6) is 11.5 Å². The van der Waals surface area contributed by atoms with E-state index in [2.05, 4.69) is 19.1 Å². The first-order chi connectivity index (χ1) is 8.73. The molecule has 0 unspecified atom stereocenters. The second-order valence-electron chi connectivity index (χ2n) is 5.74. The Morgan fingerprint density at radius 2 is 1.94 bits per heavy atom. The van der Waals surface area contributed by atoms with E-state index in [1.807, 2.05) is 6.07 Å². The van der Waals surface area contributed by atoms with Gasteiger partial charge in [0.1, 0.15) is 0 Å². The summed E-state index contributed by atoms with van der Waals surface area (Å²) < 4.78 is 10.8. The van der Waals surface area contributed by atoms with Crippen LogP contribution in [0, 0.1) is 5.92 Å². The molecule has 1 heterocycles. The van der Waals surface area contributed by atoms with Crippen molar-refractivity contribution in [2.75, 3.05) is 13.3 Å². The van der Waals surface area contributed by atoms with E-state index in [0.29, 0.717) is 6.79 Å². The molecule has 3 nitrogen and oxygen atoms in total. The summed E-state index contributed by atoms with van der Waals surface area (Å²) >= 11 is 0. The molecule has 0 bridgehead atoms. The van der Waals surface area contributed by atoms with E-state index >= 15 is 0 Å². The van der Waals surface area contributed by atoms with Crippen LogP contribution in [-0.2, 0) is 5.41 Å². The predicted molar refractivity (Wildman–Crippen MR) is 70.9 cm³/mol. The van der Waals surface area contributed by atoms with Gasteiger partial charge in [-0.2, -0.15) is 0 Å². The summed E-state index contributed by atoms with van der Waals surface area (Å²) in [6.07, 6.45) is 4.91. The molecule has 18 heavy (non-hydrogen) atoms. The van der Waals surface area contributed by atoms with Gasteiger partial charge >= 0.3 is 0 Å². The minimum absolute atomic E-state index is 0.146. The third kappa shape index (κ3) is 1.87. The SMILES string of the molecule is CC1CCC(CN)(c2ccc3c(c2)OCO3)CC1. The molecule has 0 spiro atoms. The van der Waals surface area contributed by atoms with Crippen LogP contribution in [0.15, 0.2) is 18.2 Å². The molecule has 1 saturated carbocycles. The highest BCUT2D eigenvalue weighted by atomic mass is 16.7. The van der Waals surface area contributed by atoms with E-state index in [9.17, 15) is 0 Å². The number of hydrogen-bond donors (Lipinski definition) is 1. The van der Waals surface area contributed by atoms with Gasteiger partial charge in [0.25, 0.3) is 0 Å². The van der Waals surface area contributed by atoms with E-state index < -0.39 is 0 Å². The number of hydrogen-bond acceptors (Lipinski definition) is 3. The van der Waals surface area contributed by atoms with E-state index in [4.69, 9.17) is 15.2 Å². The Balaban J connectivity index is 1.92. The summed E-state index contributed by atoms with van der Waals surface area (Å²) in [6.45, 7) is 3.39. The lowest BCUT2D eigenvalue weighted by Crippen LogP contribution is -2.38. The van der Waals surface area contributed by atoms with Gasteiger partial charge in [0, 0.05) is 12.0 Å². The molecule has 2 N–H and O–H groups in total. The molecule has 1 aromatic rings. The second kappa shape index (κ2) is 4.47. The molecule has 1 aliphatic carbocycles. The maximum absolute atomic E-state index is 6.09. The van der Waals surface area contributed by atoms with Gasteiger partial charge in [-0.05, 0) is 49.3 Å². The summed E-state index contributed by atoms with van der Waals surface area (Å²) in [4.78, 5) is 0. The first kappa shape index (κ1) is 11.8. The van der Waals surface area contributed by atoms with Crippen molar-refractivity contribution in [2.24, 2.45) is 11.7 Å². The quantitative estimate of drug-likeness (QED) is 0.874. The zero-order valence-electron chi connectivity index (χ0n) is 10.9. The Morgan fingerprint density at radius 3 is 2.67 bits per heavy atom. The fraction of sp³-hybridized carbons (Fsp3) is 0.600. The van der Waals surface area contributed by atoms with Crippen LogP contribution in [0.25, 0.3) is 0 Å². The Labute approximate surface area is 108 Å². The molecular formula is C15H21NO2. The summed E-state index contributed by atoms with van der Waals surface area (Å²) in [5.74, 6) is 2.56. The van der Waals surface area contributed by atoms with Crippen molar-refractivity contribution in [3.8, 4) is 11.5 Å². The van der Waals surface area contributed by atoms with Crippen molar-refractivity contribution >= 4 is 0 Å². The molecule has 98 valence electrons. The van der Waals surface area contributed by atoms with Gasteiger partial charge in [0.15, 0.2) is 11.5 Å². The number of fused-ring (bicyclic) bond motifs is 1. The van der Waals surface area contributed by atoms with Crippen molar-refractivity contribution < 1.29 is 9.47 Å². The molecular weight excluding hydrogens is 226 g/mol. The van der Waals surface area contributed by atoms with Gasteiger partial charge in [0.2, 0.25) is 6.79 Å². The Hall–Kier alpha value is -1.22. The van der Waals surface area contributed by atoms with Gasteiger partial charge in [-0.1, -0.05) is 13.0 Å². The lowest BCUT2D eigenvalue weighted by molar-refractivity contribution is 0.173. The Bertz CT molecular complexity index is 436. The van der Waals surface area contributed by atoms with Crippen molar-refractivity contribution in [1.82, 2.24) is 0 Å². The fourth-order valence-electron chi connectivity index (χ4n) is 3.15. The van der Waals surface area contributed by atoms with Crippen molar-refractivity contribution in [3.05, 3.63) is 23.8 Å². The molecule has 1 fully saturated rings. The van der Waals surface area contributed by atoms with Crippen molar-refractivity contribution in [1.29, 1.82) is 0 Å². The maximum atomic E-state index is 6.09. The minimum atomic E-state index is 0.146. The molecule has 0 amide bonds. The van der Waals surface area contributed by atoms with Gasteiger partial charge < -0.3 is 15.2 Å². The predicted octanol–water partition coefficient (Wildman–Crippen LogP) is 2.82. The first-order valence-electron chi connectivity index (χ1n) is 6.84. The number of nitrogens with two attached hydrogens (primary N) is 1. The zero-order chi connectivity index (χ0) is 12.6. The van der Waals surface area contributed by atoms with E-state index in [0.717, 1.165) is 24.0 Å².